The lowest BCUT2D eigenvalue weighted by Gasteiger charge is -2.21. The zero-order valence-corrected chi connectivity index (χ0v) is 19.9. The Kier molecular flexibility index (Phi) is 6.89. The number of amides is 1. The number of carbonyl (C=O) groups excluding carboxylic acids is 1. The number of aromatic nitrogens is 4. The van der Waals surface area contributed by atoms with Crippen molar-refractivity contribution >= 4 is 39.1 Å². The van der Waals surface area contributed by atoms with Crippen molar-refractivity contribution in [1.29, 1.82) is 0 Å². The Morgan fingerprint density at radius 3 is 2.53 bits per heavy atom. The van der Waals surface area contributed by atoms with Crippen LogP contribution in [0.4, 0.5) is 11.5 Å². The molecule has 0 aliphatic rings. The molecule has 0 saturated heterocycles. The number of aliphatic hydroxyl groups excluding tert-OH is 2. The van der Waals surface area contributed by atoms with Crippen molar-refractivity contribution in [3.05, 3.63) is 84.7 Å². The minimum absolute atomic E-state index is 0.121. The number of thiazole rings is 1. The lowest BCUT2D eigenvalue weighted by Crippen LogP contribution is -2.29. The van der Waals surface area contributed by atoms with E-state index in [2.05, 4.69) is 25.3 Å². The van der Waals surface area contributed by atoms with Crippen LogP contribution in [0.1, 0.15) is 10.5 Å². The van der Waals surface area contributed by atoms with Crippen LogP contribution in [-0.2, 0) is 0 Å². The highest BCUT2D eigenvalue weighted by Gasteiger charge is 2.19. The maximum Gasteiger partial charge on any atom is 0.274 e. The number of fused-ring (bicyclic) bond motifs is 1. The second-order valence-electron chi connectivity index (χ2n) is 7.78. The van der Waals surface area contributed by atoms with Gasteiger partial charge >= 0.3 is 0 Å². The first kappa shape index (κ1) is 23.5. The van der Waals surface area contributed by atoms with E-state index in [0.717, 1.165) is 26.5 Å². The molecule has 0 spiro atoms. The van der Waals surface area contributed by atoms with Gasteiger partial charge in [-0.3, -0.25) is 4.79 Å². The summed E-state index contributed by atoms with van der Waals surface area (Å²) < 4.78 is 0. The molecule has 0 saturated carbocycles. The first-order valence-electron chi connectivity index (χ1n) is 11.2. The molecule has 3 N–H and O–H groups in total. The van der Waals surface area contributed by atoms with Crippen LogP contribution in [0.15, 0.2) is 79.0 Å². The molecular weight excluding hydrogens is 476 g/mol. The molecule has 0 unspecified atom stereocenters. The van der Waals surface area contributed by atoms with Crippen molar-refractivity contribution in [3.63, 3.8) is 0 Å². The minimum atomic E-state index is -0.440. The largest absolute Gasteiger partial charge is 0.395 e. The van der Waals surface area contributed by atoms with E-state index < -0.39 is 5.91 Å². The van der Waals surface area contributed by atoms with Gasteiger partial charge in [0.2, 0.25) is 0 Å². The fraction of sp³-hybridized carbons (Fsp3) is 0.115. The molecule has 180 valence electrons. The van der Waals surface area contributed by atoms with Gasteiger partial charge in [0.25, 0.3) is 5.91 Å². The second kappa shape index (κ2) is 10.6. The van der Waals surface area contributed by atoms with Gasteiger partial charge in [-0.25, -0.2) is 19.9 Å². The van der Waals surface area contributed by atoms with Crippen LogP contribution in [-0.4, -0.2) is 55.9 Å². The fourth-order valence-corrected chi connectivity index (χ4v) is 4.60. The van der Waals surface area contributed by atoms with Gasteiger partial charge in [-0.05, 0) is 24.3 Å². The molecule has 2 aromatic carbocycles. The first-order chi connectivity index (χ1) is 17.7. The van der Waals surface area contributed by atoms with Crippen LogP contribution in [0, 0.1) is 0 Å². The average Bonchev–Trinajstić information content (AvgIpc) is 3.36. The highest BCUT2D eigenvalue weighted by atomic mass is 32.1. The number of pyridine rings is 1. The molecule has 5 rings (SSSR count). The number of para-hydroxylation sites is 1. The smallest absolute Gasteiger partial charge is 0.274 e. The summed E-state index contributed by atoms with van der Waals surface area (Å²) in [6, 6.07) is 21.9. The van der Waals surface area contributed by atoms with Gasteiger partial charge in [-0.2, -0.15) is 0 Å². The van der Waals surface area contributed by atoms with E-state index in [1.54, 1.807) is 12.3 Å². The van der Waals surface area contributed by atoms with Crippen LogP contribution in [0.5, 0.6) is 0 Å². The maximum absolute atomic E-state index is 13.4. The van der Waals surface area contributed by atoms with Gasteiger partial charge in [0, 0.05) is 29.9 Å². The van der Waals surface area contributed by atoms with Gasteiger partial charge in [0.15, 0.2) is 5.82 Å². The van der Waals surface area contributed by atoms with E-state index in [9.17, 15) is 15.0 Å². The third-order valence-electron chi connectivity index (χ3n) is 5.41. The van der Waals surface area contributed by atoms with E-state index in [1.807, 2.05) is 60.7 Å². The standard InChI is InChI=1S/C26H22N6O3S/c33-14-13-32(16-34)22-15-21(28-23(31-22)17-7-2-1-3-8-17)24(35)29-19-10-5-4-9-18(19)25-30-20-11-6-12-27-26(20)36-25/h1-12,15,33-34H,13-14,16H2,(H,29,35). The Bertz CT molecular complexity index is 1480. The molecule has 0 bridgehead atoms. The second-order valence-corrected chi connectivity index (χ2v) is 8.75. The lowest BCUT2D eigenvalue weighted by molar-refractivity contribution is 0.102. The number of nitrogens with one attached hydrogen (secondary N) is 1. The molecule has 3 heterocycles. The third kappa shape index (κ3) is 4.91. The van der Waals surface area contributed by atoms with Crippen molar-refractivity contribution in [2.45, 2.75) is 0 Å². The zero-order valence-electron chi connectivity index (χ0n) is 19.1. The van der Waals surface area contributed by atoms with Gasteiger partial charge in [0.1, 0.15) is 33.6 Å². The Morgan fingerprint density at radius 2 is 1.75 bits per heavy atom. The van der Waals surface area contributed by atoms with Gasteiger partial charge in [-0.15, -0.1) is 0 Å². The number of aliphatic hydroxyl groups is 2. The van der Waals surface area contributed by atoms with E-state index in [1.165, 1.54) is 22.3 Å². The van der Waals surface area contributed by atoms with Crippen LogP contribution in [0.25, 0.3) is 32.3 Å². The van der Waals surface area contributed by atoms with Crippen molar-refractivity contribution in [1.82, 2.24) is 19.9 Å². The van der Waals surface area contributed by atoms with Gasteiger partial charge in [0.05, 0.1) is 12.3 Å². The van der Waals surface area contributed by atoms with Crippen LogP contribution < -0.4 is 10.2 Å². The van der Waals surface area contributed by atoms with Crippen LogP contribution >= 0.6 is 11.3 Å². The predicted octanol–water partition coefficient (Wildman–Crippen LogP) is 3.82. The Labute approximate surface area is 210 Å². The molecule has 0 radical (unpaired) electrons. The van der Waals surface area contributed by atoms with Crippen LogP contribution in [0.2, 0.25) is 0 Å². The lowest BCUT2D eigenvalue weighted by atomic mass is 10.1. The monoisotopic (exact) mass is 498 g/mol. The van der Waals surface area contributed by atoms with Crippen molar-refractivity contribution < 1.29 is 15.0 Å². The molecule has 5 aromatic rings. The molecule has 10 heteroatoms. The Balaban J connectivity index is 1.52. The quantitative estimate of drug-likeness (QED) is 0.276. The highest BCUT2D eigenvalue weighted by Crippen LogP contribution is 2.34. The van der Waals surface area contributed by atoms with E-state index >= 15 is 0 Å². The molecule has 9 nitrogen and oxygen atoms in total. The fourth-order valence-electron chi connectivity index (χ4n) is 3.66. The van der Waals surface area contributed by atoms with E-state index in [4.69, 9.17) is 0 Å². The molecule has 0 aliphatic heterocycles. The number of rotatable bonds is 8. The van der Waals surface area contributed by atoms with E-state index in [0.29, 0.717) is 17.3 Å². The third-order valence-corrected chi connectivity index (χ3v) is 6.43. The first-order valence-corrected chi connectivity index (χ1v) is 12.0. The number of benzene rings is 2. The molecule has 0 fully saturated rings. The molecule has 36 heavy (non-hydrogen) atoms. The predicted molar refractivity (Wildman–Crippen MR) is 140 cm³/mol. The van der Waals surface area contributed by atoms with Crippen molar-refractivity contribution in [2.75, 3.05) is 30.1 Å². The Hall–Kier alpha value is -4.25. The molecule has 0 aliphatic carbocycles. The minimum Gasteiger partial charge on any atom is -0.395 e. The number of nitrogens with zero attached hydrogens (tertiary/aromatic N) is 5. The summed E-state index contributed by atoms with van der Waals surface area (Å²) in [5.74, 6) is 0.223. The highest BCUT2D eigenvalue weighted by molar-refractivity contribution is 7.21. The summed E-state index contributed by atoms with van der Waals surface area (Å²) in [5, 5.41) is 22.9. The summed E-state index contributed by atoms with van der Waals surface area (Å²) in [4.78, 5) is 33.7. The normalized spacial score (nSPS) is 10.9. The maximum atomic E-state index is 13.4. The van der Waals surface area contributed by atoms with Crippen molar-refractivity contribution in [3.8, 4) is 22.0 Å². The van der Waals surface area contributed by atoms with E-state index in [-0.39, 0.29) is 25.6 Å². The molecule has 1 amide bonds. The summed E-state index contributed by atoms with van der Waals surface area (Å²) in [6.45, 7) is -0.407. The molecule has 0 atom stereocenters. The summed E-state index contributed by atoms with van der Waals surface area (Å²) in [5.41, 5.74) is 2.98. The molecular formula is C26H22N6O3S. The number of anilines is 2. The summed E-state index contributed by atoms with van der Waals surface area (Å²) >= 11 is 1.44. The van der Waals surface area contributed by atoms with Crippen molar-refractivity contribution in [2.24, 2.45) is 0 Å². The summed E-state index contributed by atoms with van der Waals surface area (Å²) in [7, 11) is 0. The summed E-state index contributed by atoms with van der Waals surface area (Å²) in [6.07, 6.45) is 1.72. The number of hydrogen-bond acceptors (Lipinski definition) is 9. The average molecular weight is 499 g/mol. The number of carbonyl (C=O) groups is 1. The van der Waals surface area contributed by atoms with Crippen LogP contribution in [0.3, 0.4) is 0 Å². The van der Waals surface area contributed by atoms with Gasteiger partial charge < -0.3 is 20.4 Å². The number of hydrogen-bond donors (Lipinski definition) is 3. The topological polar surface area (TPSA) is 124 Å². The SMILES string of the molecule is O=C(Nc1ccccc1-c1nc2cccnc2s1)c1cc(N(CO)CCO)nc(-c2ccccc2)n1. The Morgan fingerprint density at radius 1 is 0.944 bits per heavy atom. The zero-order chi connectivity index (χ0) is 24.9. The molecule has 3 aromatic heterocycles. The van der Waals surface area contributed by atoms with Gasteiger partial charge in [-0.1, -0.05) is 53.8 Å².